The minimum absolute atomic E-state index is 0.148. The lowest BCUT2D eigenvalue weighted by Gasteiger charge is -2.07. The number of hydrogen-bond donors (Lipinski definition) is 1. The number of amides is 1. The van der Waals surface area contributed by atoms with Gasteiger partial charge in [-0.3, -0.25) is 9.59 Å². The van der Waals surface area contributed by atoms with Gasteiger partial charge in [-0.25, -0.2) is 9.78 Å². The fraction of sp³-hybridized carbons (Fsp3) is 0.412. The van der Waals surface area contributed by atoms with Gasteiger partial charge >= 0.3 is 5.97 Å². The van der Waals surface area contributed by atoms with Crippen LogP contribution in [0.5, 0.6) is 0 Å². The highest BCUT2D eigenvalue weighted by molar-refractivity contribution is 9.10. The normalized spacial score (nSPS) is 10.8. The van der Waals surface area contributed by atoms with E-state index < -0.39 is 11.9 Å². The van der Waals surface area contributed by atoms with Crippen LogP contribution in [0.25, 0.3) is 0 Å². The van der Waals surface area contributed by atoms with Crippen molar-refractivity contribution in [1.82, 2.24) is 9.55 Å². The Morgan fingerprint density at radius 1 is 1.38 bits per heavy atom. The number of pyridine rings is 1. The maximum absolute atomic E-state index is 12.2. The van der Waals surface area contributed by atoms with E-state index >= 15 is 0 Å². The van der Waals surface area contributed by atoms with Crippen LogP contribution in [0.4, 0.5) is 5.13 Å². The fourth-order valence-corrected chi connectivity index (χ4v) is 3.58. The average Bonchev–Trinajstić information content (AvgIpc) is 2.90. The molecule has 140 valence electrons. The van der Waals surface area contributed by atoms with Gasteiger partial charge in [0.05, 0.1) is 16.8 Å². The van der Waals surface area contributed by atoms with Crippen molar-refractivity contribution in [2.24, 2.45) is 5.92 Å². The van der Waals surface area contributed by atoms with Crippen molar-refractivity contribution >= 4 is 44.3 Å². The van der Waals surface area contributed by atoms with Gasteiger partial charge in [0.15, 0.2) is 5.13 Å². The molecule has 0 saturated heterocycles. The number of esters is 1. The van der Waals surface area contributed by atoms with Crippen molar-refractivity contribution < 1.29 is 14.3 Å². The van der Waals surface area contributed by atoms with E-state index in [2.05, 4.69) is 26.2 Å². The quantitative estimate of drug-likeness (QED) is 0.695. The van der Waals surface area contributed by atoms with Crippen LogP contribution in [-0.4, -0.2) is 28.0 Å². The molecule has 1 amide bonds. The Bertz CT molecular complexity index is 889. The van der Waals surface area contributed by atoms with Gasteiger partial charge in [0.25, 0.3) is 5.56 Å². The summed E-state index contributed by atoms with van der Waals surface area (Å²) in [5.41, 5.74) is 1.05. The molecule has 2 rings (SSSR count). The van der Waals surface area contributed by atoms with Crippen molar-refractivity contribution in [1.29, 1.82) is 0 Å². The molecule has 0 atom stereocenters. The van der Waals surface area contributed by atoms with E-state index in [4.69, 9.17) is 4.74 Å². The number of carbonyl (C=O) groups excluding carboxylic acids is 2. The standard InChI is InChI=1S/C17H20BrN3O4S/c1-9(2)8-25-16(24)14-11(4)19-17(26-14)20-13(22)7-21-6-10(3)5-12(18)15(21)23/h5-6,9H,7-8H2,1-4H3,(H,19,20,22). The van der Waals surface area contributed by atoms with Crippen molar-refractivity contribution in [2.75, 3.05) is 11.9 Å². The Labute approximate surface area is 163 Å². The van der Waals surface area contributed by atoms with E-state index in [1.165, 1.54) is 4.57 Å². The Hall–Kier alpha value is -2.00. The lowest BCUT2D eigenvalue weighted by atomic mass is 10.2. The van der Waals surface area contributed by atoms with Crippen LogP contribution in [0, 0.1) is 19.8 Å². The van der Waals surface area contributed by atoms with Gasteiger partial charge in [0, 0.05) is 6.20 Å². The van der Waals surface area contributed by atoms with Crippen LogP contribution in [0.1, 0.15) is 34.8 Å². The molecule has 0 aliphatic heterocycles. The topological polar surface area (TPSA) is 90.3 Å². The van der Waals surface area contributed by atoms with Gasteiger partial charge in [-0.15, -0.1) is 0 Å². The van der Waals surface area contributed by atoms with E-state index in [-0.39, 0.29) is 18.0 Å². The van der Waals surface area contributed by atoms with Crippen molar-refractivity contribution in [2.45, 2.75) is 34.2 Å². The Kier molecular flexibility index (Phi) is 6.71. The zero-order chi connectivity index (χ0) is 19.4. The first-order valence-corrected chi connectivity index (χ1v) is 9.59. The van der Waals surface area contributed by atoms with Gasteiger partial charge in [-0.1, -0.05) is 25.2 Å². The number of nitrogens with one attached hydrogen (secondary N) is 1. The molecule has 2 heterocycles. The highest BCUT2D eigenvalue weighted by Gasteiger charge is 2.18. The lowest BCUT2D eigenvalue weighted by molar-refractivity contribution is -0.116. The Morgan fingerprint density at radius 3 is 2.73 bits per heavy atom. The summed E-state index contributed by atoms with van der Waals surface area (Å²) >= 11 is 4.23. The van der Waals surface area contributed by atoms with Crippen LogP contribution in [0.15, 0.2) is 21.5 Å². The zero-order valence-corrected chi connectivity index (χ0v) is 17.4. The molecule has 0 spiro atoms. The highest BCUT2D eigenvalue weighted by Crippen LogP contribution is 2.23. The predicted molar refractivity (Wildman–Crippen MR) is 104 cm³/mol. The molecule has 1 N–H and O–H groups in total. The molecule has 0 bridgehead atoms. The van der Waals surface area contributed by atoms with Gasteiger partial charge in [0.1, 0.15) is 11.4 Å². The number of ether oxygens (including phenoxy) is 1. The molecule has 0 aliphatic carbocycles. The summed E-state index contributed by atoms with van der Waals surface area (Å²) in [5, 5.41) is 2.92. The smallest absolute Gasteiger partial charge is 0.350 e. The van der Waals surface area contributed by atoms with Crippen LogP contribution >= 0.6 is 27.3 Å². The molecule has 0 fully saturated rings. The third-order valence-corrected chi connectivity index (χ3v) is 4.89. The number of aryl methyl sites for hydroxylation is 2. The second kappa shape index (κ2) is 8.59. The minimum atomic E-state index is -0.451. The maximum Gasteiger partial charge on any atom is 0.350 e. The number of anilines is 1. The Morgan fingerprint density at radius 2 is 2.08 bits per heavy atom. The molecule has 0 radical (unpaired) electrons. The molecule has 0 unspecified atom stereocenters. The number of halogens is 1. The van der Waals surface area contributed by atoms with Crippen molar-refractivity contribution in [3.8, 4) is 0 Å². The molecule has 0 aliphatic rings. The van der Waals surface area contributed by atoms with Crippen molar-refractivity contribution in [3.05, 3.63) is 43.2 Å². The largest absolute Gasteiger partial charge is 0.461 e. The van der Waals surface area contributed by atoms with E-state index in [9.17, 15) is 14.4 Å². The number of aromatic nitrogens is 2. The second-order valence-electron chi connectivity index (χ2n) is 6.27. The zero-order valence-electron chi connectivity index (χ0n) is 15.0. The minimum Gasteiger partial charge on any atom is -0.461 e. The molecule has 7 nitrogen and oxygen atoms in total. The second-order valence-corrected chi connectivity index (χ2v) is 8.13. The molecule has 0 saturated carbocycles. The first-order chi connectivity index (χ1) is 12.2. The van der Waals surface area contributed by atoms with E-state index in [1.807, 2.05) is 20.8 Å². The third kappa shape index (κ3) is 5.25. The number of carbonyl (C=O) groups is 2. The van der Waals surface area contributed by atoms with Crippen LogP contribution < -0.4 is 10.9 Å². The lowest BCUT2D eigenvalue weighted by Crippen LogP contribution is -2.27. The third-order valence-electron chi connectivity index (χ3n) is 3.27. The van der Waals surface area contributed by atoms with Gasteiger partial charge in [-0.05, 0) is 47.3 Å². The first kappa shape index (κ1) is 20.3. The van der Waals surface area contributed by atoms with E-state index in [1.54, 1.807) is 19.2 Å². The maximum atomic E-state index is 12.2. The molecule has 2 aromatic rings. The number of nitrogens with zero attached hydrogens (tertiary/aromatic N) is 2. The first-order valence-electron chi connectivity index (χ1n) is 7.98. The summed E-state index contributed by atoms with van der Waals surface area (Å²) < 4.78 is 6.90. The molecule has 9 heteroatoms. The predicted octanol–water partition coefficient (Wildman–Crippen LogP) is 3.14. The summed E-state index contributed by atoms with van der Waals surface area (Å²) in [5.74, 6) is -0.619. The summed E-state index contributed by atoms with van der Waals surface area (Å²) in [6, 6.07) is 1.69. The number of thiazole rings is 1. The molecular formula is C17H20BrN3O4S. The van der Waals surface area contributed by atoms with Crippen LogP contribution in [-0.2, 0) is 16.1 Å². The van der Waals surface area contributed by atoms with Gasteiger partial charge < -0.3 is 14.6 Å². The molecule has 0 aromatic carbocycles. The van der Waals surface area contributed by atoms with Crippen molar-refractivity contribution in [3.63, 3.8) is 0 Å². The summed E-state index contributed by atoms with van der Waals surface area (Å²) in [7, 11) is 0. The summed E-state index contributed by atoms with van der Waals surface area (Å²) in [6.45, 7) is 7.58. The monoisotopic (exact) mass is 441 g/mol. The molecule has 26 heavy (non-hydrogen) atoms. The number of rotatable bonds is 6. The molecular weight excluding hydrogens is 422 g/mol. The Balaban J connectivity index is 2.07. The van der Waals surface area contributed by atoms with Crippen LogP contribution in [0.3, 0.4) is 0 Å². The highest BCUT2D eigenvalue weighted by atomic mass is 79.9. The van der Waals surface area contributed by atoms with Crippen LogP contribution in [0.2, 0.25) is 0 Å². The summed E-state index contributed by atoms with van der Waals surface area (Å²) in [6.07, 6.45) is 1.61. The van der Waals surface area contributed by atoms with Gasteiger partial charge in [-0.2, -0.15) is 0 Å². The van der Waals surface area contributed by atoms with E-state index in [0.717, 1.165) is 16.9 Å². The summed E-state index contributed by atoms with van der Waals surface area (Å²) in [4.78, 5) is 40.9. The molecule has 2 aromatic heterocycles. The number of hydrogen-bond acceptors (Lipinski definition) is 6. The SMILES string of the molecule is Cc1cc(Br)c(=O)n(CC(=O)Nc2nc(C)c(C(=O)OCC(C)C)s2)c1. The fourth-order valence-electron chi connectivity index (χ4n) is 2.12. The average molecular weight is 442 g/mol. The van der Waals surface area contributed by atoms with E-state index in [0.29, 0.717) is 26.8 Å². The van der Waals surface area contributed by atoms with Gasteiger partial charge in [0.2, 0.25) is 5.91 Å².